The Morgan fingerprint density at radius 1 is 1.22 bits per heavy atom. The van der Waals surface area contributed by atoms with E-state index in [4.69, 9.17) is 4.42 Å². The molecule has 2 N–H and O–H groups in total. The van der Waals surface area contributed by atoms with Crippen LogP contribution in [-0.2, 0) is 9.59 Å². The van der Waals surface area contributed by atoms with Crippen molar-refractivity contribution in [3.05, 3.63) is 69.8 Å². The Bertz CT molecular complexity index is 903. The molecule has 27 heavy (non-hydrogen) atoms. The number of furan rings is 1. The summed E-state index contributed by atoms with van der Waals surface area (Å²) in [4.78, 5) is 45.6. The molecule has 0 bridgehead atoms. The first-order valence-corrected chi connectivity index (χ1v) is 7.60. The molecule has 0 saturated carbocycles. The van der Waals surface area contributed by atoms with E-state index in [1.54, 1.807) is 0 Å². The molecule has 10 heteroatoms. The smallest absolute Gasteiger partial charge is 0.291 e. The molecule has 10 nitrogen and oxygen atoms in total. The van der Waals surface area contributed by atoms with Crippen LogP contribution in [0.5, 0.6) is 0 Å². The van der Waals surface area contributed by atoms with Gasteiger partial charge in [-0.2, -0.15) is 0 Å². The minimum absolute atomic E-state index is 0.0827. The van der Waals surface area contributed by atoms with Gasteiger partial charge in [-0.1, -0.05) is 12.1 Å². The van der Waals surface area contributed by atoms with Crippen LogP contribution in [0, 0.1) is 10.1 Å². The van der Waals surface area contributed by atoms with Crippen molar-refractivity contribution in [2.24, 2.45) is 0 Å². The lowest BCUT2D eigenvalue weighted by molar-refractivity contribution is -0.384. The summed E-state index contributed by atoms with van der Waals surface area (Å²) in [5.41, 5.74) is -0.302. The van der Waals surface area contributed by atoms with Gasteiger partial charge in [-0.15, -0.1) is 0 Å². The van der Waals surface area contributed by atoms with Crippen LogP contribution in [0.3, 0.4) is 0 Å². The van der Waals surface area contributed by atoms with Crippen molar-refractivity contribution in [3.8, 4) is 0 Å². The van der Waals surface area contributed by atoms with Crippen LogP contribution in [0.2, 0.25) is 0 Å². The fourth-order valence-corrected chi connectivity index (χ4v) is 1.98. The topological polar surface area (TPSA) is 155 Å². The monoisotopic (exact) mass is 372 g/mol. The highest BCUT2D eigenvalue weighted by Crippen LogP contribution is 2.15. The Labute approximate surface area is 152 Å². The highest BCUT2D eigenvalue weighted by atomic mass is 16.6. The molecular weight excluding hydrogens is 358 g/mol. The van der Waals surface area contributed by atoms with E-state index in [1.165, 1.54) is 55.7 Å². The van der Waals surface area contributed by atoms with Gasteiger partial charge < -0.3 is 25.0 Å². The first-order chi connectivity index (χ1) is 12.8. The first kappa shape index (κ1) is 19.4. The minimum atomic E-state index is -1.52. The molecule has 0 radical (unpaired) electrons. The molecule has 0 unspecified atom stereocenters. The lowest BCUT2D eigenvalue weighted by atomic mass is 10.1. The molecule has 0 aliphatic carbocycles. The van der Waals surface area contributed by atoms with E-state index < -0.39 is 28.7 Å². The average molecular weight is 372 g/mol. The van der Waals surface area contributed by atoms with Crippen molar-refractivity contribution in [2.75, 3.05) is 0 Å². The van der Waals surface area contributed by atoms with Crippen molar-refractivity contribution in [1.29, 1.82) is 0 Å². The zero-order valence-corrected chi connectivity index (χ0v) is 14.0. The fraction of sp³-hybridized carbons (Fsp3) is 0.118. The summed E-state index contributed by atoms with van der Waals surface area (Å²) in [6.07, 6.45) is 2.43. The maximum absolute atomic E-state index is 12.3. The second-order valence-electron chi connectivity index (χ2n) is 5.36. The second-order valence-corrected chi connectivity index (χ2v) is 5.36. The Hall–Kier alpha value is -3.95. The Kier molecular flexibility index (Phi) is 6.05. The Morgan fingerprint density at radius 3 is 2.56 bits per heavy atom. The van der Waals surface area contributed by atoms with Gasteiger partial charge in [0.05, 0.1) is 23.2 Å². The molecule has 0 aliphatic rings. The molecule has 1 heterocycles. The van der Waals surface area contributed by atoms with Gasteiger partial charge in [-0.05, 0) is 30.7 Å². The summed E-state index contributed by atoms with van der Waals surface area (Å²) < 4.78 is 4.93. The van der Waals surface area contributed by atoms with Gasteiger partial charge in [0.1, 0.15) is 5.70 Å². The highest BCUT2D eigenvalue weighted by Gasteiger charge is 2.18. The van der Waals surface area contributed by atoms with E-state index >= 15 is 0 Å². The number of carbonyl (C=O) groups is 3. The van der Waals surface area contributed by atoms with E-state index in [1.807, 2.05) is 0 Å². The number of hydrogen-bond donors (Lipinski definition) is 2. The zero-order chi connectivity index (χ0) is 20.0. The summed E-state index contributed by atoms with van der Waals surface area (Å²) in [7, 11) is 0. The van der Waals surface area contributed by atoms with Crippen molar-refractivity contribution in [1.82, 2.24) is 10.6 Å². The van der Waals surface area contributed by atoms with E-state index in [0.29, 0.717) is 0 Å². The number of carboxylic acids is 1. The molecule has 2 aromatic rings. The van der Waals surface area contributed by atoms with Crippen LogP contribution in [0.25, 0.3) is 6.08 Å². The normalized spacial score (nSPS) is 12.1. The predicted octanol–water partition coefficient (Wildman–Crippen LogP) is 0.213. The number of nitrogens with one attached hydrogen (secondary N) is 2. The summed E-state index contributed by atoms with van der Waals surface area (Å²) in [5, 5.41) is 26.1. The largest absolute Gasteiger partial charge is 0.548 e. The summed E-state index contributed by atoms with van der Waals surface area (Å²) >= 11 is 0. The van der Waals surface area contributed by atoms with Gasteiger partial charge in [-0.25, -0.2) is 0 Å². The van der Waals surface area contributed by atoms with Crippen molar-refractivity contribution in [2.45, 2.75) is 13.0 Å². The maximum atomic E-state index is 12.3. The third-order valence-corrected chi connectivity index (χ3v) is 3.33. The van der Waals surface area contributed by atoms with Gasteiger partial charge in [0.15, 0.2) is 5.76 Å². The highest BCUT2D eigenvalue weighted by molar-refractivity contribution is 6.05. The molecule has 2 rings (SSSR count). The number of amides is 2. The molecule has 0 spiro atoms. The number of carbonyl (C=O) groups excluding carboxylic acids is 3. The van der Waals surface area contributed by atoms with Crippen LogP contribution >= 0.6 is 0 Å². The summed E-state index contributed by atoms with van der Waals surface area (Å²) in [6, 6.07) is 6.83. The third kappa shape index (κ3) is 5.26. The number of carboxylic acid groups (broad SMARTS) is 1. The number of aliphatic carboxylic acids is 1. The molecule has 140 valence electrons. The van der Waals surface area contributed by atoms with Crippen LogP contribution in [0.15, 0.2) is 52.8 Å². The molecule has 0 aliphatic heterocycles. The van der Waals surface area contributed by atoms with E-state index in [9.17, 15) is 29.6 Å². The maximum Gasteiger partial charge on any atom is 0.291 e. The average Bonchev–Trinajstić information content (AvgIpc) is 3.16. The third-order valence-electron chi connectivity index (χ3n) is 3.33. The van der Waals surface area contributed by atoms with Crippen molar-refractivity contribution >= 4 is 29.5 Å². The fourth-order valence-electron chi connectivity index (χ4n) is 1.98. The van der Waals surface area contributed by atoms with Crippen LogP contribution in [-0.4, -0.2) is 28.7 Å². The van der Waals surface area contributed by atoms with Gasteiger partial charge in [0.2, 0.25) is 0 Å². The van der Waals surface area contributed by atoms with E-state index in [-0.39, 0.29) is 22.7 Å². The van der Waals surface area contributed by atoms with Crippen LogP contribution in [0.4, 0.5) is 5.69 Å². The molecule has 1 aromatic heterocycles. The first-order valence-electron chi connectivity index (χ1n) is 7.60. The summed E-state index contributed by atoms with van der Waals surface area (Å²) in [5.74, 6) is -3.28. The number of benzene rings is 1. The number of hydrogen-bond acceptors (Lipinski definition) is 7. The second kappa shape index (κ2) is 8.43. The quantitative estimate of drug-likeness (QED) is 0.400. The van der Waals surface area contributed by atoms with Gasteiger partial charge >= 0.3 is 0 Å². The molecule has 0 saturated heterocycles. The lowest BCUT2D eigenvalue weighted by Gasteiger charge is -2.16. The van der Waals surface area contributed by atoms with Gasteiger partial charge in [0, 0.05) is 12.1 Å². The number of nitro benzene ring substituents is 1. The number of rotatable bonds is 7. The molecule has 0 fully saturated rings. The SMILES string of the molecule is C[C@H](NC(=O)/C(=C/c1cccc([N+](=O)[O-])c1)NC(=O)c1ccco1)C(=O)[O-]. The van der Waals surface area contributed by atoms with Crippen molar-refractivity contribution < 1.29 is 28.8 Å². The predicted molar refractivity (Wildman–Crippen MR) is 89.9 cm³/mol. The number of nitro groups is 1. The van der Waals surface area contributed by atoms with E-state index in [2.05, 4.69) is 10.6 Å². The summed E-state index contributed by atoms with van der Waals surface area (Å²) in [6.45, 7) is 1.19. The standard InChI is InChI=1S/C17H15N3O7/c1-10(17(23)24)18-15(21)13(19-16(22)14-6-3-7-27-14)9-11-4-2-5-12(8-11)20(25)26/h2-10H,1H3,(H,18,21)(H,19,22)(H,23,24)/p-1/b13-9-/t10-/m0/s1. The Balaban J connectivity index is 2.34. The molecule has 2 amide bonds. The van der Waals surface area contributed by atoms with E-state index in [0.717, 1.165) is 0 Å². The number of nitrogens with zero attached hydrogens (tertiary/aromatic N) is 1. The van der Waals surface area contributed by atoms with Crippen molar-refractivity contribution in [3.63, 3.8) is 0 Å². The van der Waals surface area contributed by atoms with Crippen LogP contribution in [0.1, 0.15) is 23.0 Å². The lowest BCUT2D eigenvalue weighted by Crippen LogP contribution is -2.48. The number of non-ortho nitro benzene ring substituents is 1. The minimum Gasteiger partial charge on any atom is -0.548 e. The van der Waals surface area contributed by atoms with Gasteiger partial charge in [0.25, 0.3) is 17.5 Å². The molecule has 1 atom stereocenters. The Morgan fingerprint density at radius 2 is 1.96 bits per heavy atom. The molecular formula is C17H14N3O7-. The van der Waals surface area contributed by atoms with Gasteiger partial charge in [-0.3, -0.25) is 19.7 Å². The molecule has 1 aromatic carbocycles. The zero-order valence-electron chi connectivity index (χ0n) is 14.0. The van der Waals surface area contributed by atoms with Crippen LogP contribution < -0.4 is 15.7 Å².